The van der Waals surface area contributed by atoms with Gasteiger partial charge in [-0.3, -0.25) is 9.27 Å². The van der Waals surface area contributed by atoms with Crippen molar-refractivity contribution < 1.29 is 8.76 Å². The van der Waals surface area contributed by atoms with Gasteiger partial charge >= 0.3 is 0 Å². The molecule has 1 atom stereocenters. The Hall–Kier alpha value is -0.460. The minimum atomic E-state index is -2.00. The van der Waals surface area contributed by atoms with Crippen molar-refractivity contribution >= 4 is 28.6 Å². The fraction of sp³-hybridized carbons (Fsp3) is 0. The van der Waals surface area contributed by atoms with Crippen molar-refractivity contribution in [1.82, 2.24) is 4.37 Å². The van der Waals surface area contributed by atoms with E-state index >= 15 is 0 Å². The first-order valence-corrected chi connectivity index (χ1v) is 4.01. The van der Waals surface area contributed by atoms with Crippen molar-refractivity contribution in [2.24, 2.45) is 0 Å². The monoisotopic (exact) mass is 164 g/mol. The van der Waals surface area contributed by atoms with Gasteiger partial charge in [-0.05, 0) is 17.6 Å². The second-order valence-electron chi connectivity index (χ2n) is 1.24. The second-order valence-corrected chi connectivity index (χ2v) is 2.60. The molecule has 1 aromatic rings. The van der Waals surface area contributed by atoms with Crippen LogP contribution in [0.4, 0.5) is 5.82 Å². The van der Waals surface area contributed by atoms with Crippen LogP contribution in [-0.2, 0) is 11.3 Å². The van der Waals surface area contributed by atoms with Crippen molar-refractivity contribution in [3.63, 3.8) is 0 Å². The summed E-state index contributed by atoms with van der Waals surface area (Å²) in [7, 11) is 0. The Bertz CT molecular complexity index is 198. The second kappa shape index (κ2) is 2.90. The first kappa shape index (κ1) is 6.66. The van der Waals surface area contributed by atoms with Gasteiger partial charge in [-0.15, -0.1) is 0 Å². The molecule has 0 aliphatic heterocycles. The van der Waals surface area contributed by atoms with E-state index in [1.165, 1.54) is 11.5 Å². The Morgan fingerprint density at radius 1 is 1.89 bits per heavy atom. The van der Waals surface area contributed by atoms with Gasteiger partial charge in [0.15, 0.2) is 5.82 Å². The maximum Gasteiger partial charge on any atom is 0.260 e. The number of hydrogen-bond acceptors (Lipinski definition) is 3. The summed E-state index contributed by atoms with van der Waals surface area (Å²) in [6, 6.07) is 1.62. The van der Waals surface area contributed by atoms with E-state index in [9.17, 15) is 4.21 Å². The molecule has 1 heterocycles. The molecule has 6 heteroatoms. The minimum Gasteiger partial charge on any atom is -0.289 e. The highest BCUT2D eigenvalue weighted by atomic mass is 32.2. The summed E-state index contributed by atoms with van der Waals surface area (Å²) < 4.78 is 24.2. The van der Waals surface area contributed by atoms with E-state index < -0.39 is 11.3 Å². The predicted molar refractivity (Wildman–Crippen MR) is 36.5 cm³/mol. The number of rotatable bonds is 2. The Kier molecular flexibility index (Phi) is 2.15. The molecule has 0 radical (unpaired) electrons. The fourth-order valence-corrected chi connectivity index (χ4v) is 1.18. The van der Waals surface area contributed by atoms with Crippen molar-refractivity contribution in [2.75, 3.05) is 4.72 Å². The molecule has 0 bridgehead atoms. The summed E-state index contributed by atoms with van der Waals surface area (Å²) in [5.74, 6) is 0.431. The first-order valence-electron chi connectivity index (χ1n) is 2.07. The van der Waals surface area contributed by atoms with E-state index in [1.54, 1.807) is 11.4 Å². The van der Waals surface area contributed by atoms with Crippen LogP contribution in [-0.4, -0.2) is 13.1 Å². The molecule has 9 heavy (non-hydrogen) atoms. The van der Waals surface area contributed by atoms with Crippen molar-refractivity contribution in [3.05, 3.63) is 11.4 Å². The molecule has 0 aromatic carbocycles. The van der Waals surface area contributed by atoms with Gasteiger partial charge in [0.2, 0.25) is 0 Å². The fourth-order valence-electron chi connectivity index (χ4n) is 0.355. The van der Waals surface area contributed by atoms with Crippen LogP contribution in [0.3, 0.4) is 0 Å². The Morgan fingerprint density at radius 3 is 3.11 bits per heavy atom. The molecule has 0 aliphatic rings. The van der Waals surface area contributed by atoms with Crippen LogP contribution in [0.25, 0.3) is 0 Å². The van der Waals surface area contributed by atoms with Gasteiger partial charge in [0, 0.05) is 5.38 Å². The van der Waals surface area contributed by atoms with Gasteiger partial charge in [-0.1, -0.05) is 0 Å². The average Bonchev–Trinajstić information content (AvgIpc) is 2.15. The molecule has 0 saturated heterocycles. The predicted octanol–water partition coefficient (Wildman–Crippen LogP) is 0.692. The molecule has 50 valence electrons. The van der Waals surface area contributed by atoms with Crippen LogP contribution in [0.2, 0.25) is 0 Å². The van der Waals surface area contributed by atoms with Crippen LogP contribution in [0, 0.1) is 0 Å². The third-order valence-electron chi connectivity index (χ3n) is 0.630. The molecule has 0 aliphatic carbocycles. The summed E-state index contributed by atoms with van der Waals surface area (Å²) >= 11 is -0.777. The number of hydrogen-bond donors (Lipinski definition) is 2. The average molecular weight is 164 g/mol. The van der Waals surface area contributed by atoms with E-state index in [0.29, 0.717) is 5.82 Å². The highest BCUT2D eigenvalue weighted by molar-refractivity contribution is 7.80. The minimum absolute atomic E-state index is 0.431. The number of anilines is 1. The van der Waals surface area contributed by atoms with Crippen molar-refractivity contribution in [3.8, 4) is 0 Å². The lowest BCUT2D eigenvalue weighted by molar-refractivity contribution is 0.570. The maximum absolute atomic E-state index is 10.0. The first-order chi connectivity index (χ1) is 4.29. The molecular weight excluding hydrogens is 160 g/mol. The lowest BCUT2D eigenvalue weighted by Crippen LogP contribution is -2.01. The summed E-state index contributed by atoms with van der Waals surface area (Å²) in [6.45, 7) is 0. The molecule has 0 amide bonds. The van der Waals surface area contributed by atoms with E-state index in [4.69, 9.17) is 4.55 Å². The molecule has 1 unspecified atom stereocenters. The topological polar surface area (TPSA) is 62.2 Å². The van der Waals surface area contributed by atoms with E-state index in [1.807, 2.05) is 0 Å². The van der Waals surface area contributed by atoms with Gasteiger partial charge in [0.05, 0.1) is 0 Å². The van der Waals surface area contributed by atoms with Crippen molar-refractivity contribution in [2.45, 2.75) is 0 Å². The molecule has 0 saturated carbocycles. The zero-order chi connectivity index (χ0) is 6.69. The van der Waals surface area contributed by atoms with Gasteiger partial charge in [0.1, 0.15) is 0 Å². The van der Waals surface area contributed by atoms with Crippen LogP contribution in [0.1, 0.15) is 0 Å². The van der Waals surface area contributed by atoms with Crippen LogP contribution < -0.4 is 4.72 Å². The quantitative estimate of drug-likeness (QED) is 0.632. The molecule has 4 nitrogen and oxygen atoms in total. The standard InChI is InChI=1S/C3H4N2O2S2/c6-9(7)5-3-1-2-8-4-3/h1-2H,(H,4,5)(H,6,7). The highest BCUT2D eigenvalue weighted by Crippen LogP contribution is 2.04. The third kappa shape index (κ3) is 2.08. The summed E-state index contributed by atoms with van der Waals surface area (Å²) in [4.78, 5) is 0. The molecule has 2 N–H and O–H groups in total. The summed E-state index contributed by atoms with van der Waals surface area (Å²) in [5, 5.41) is 1.72. The van der Waals surface area contributed by atoms with Gasteiger partial charge in [-0.25, -0.2) is 4.21 Å². The number of nitrogens with one attached hydrogen (secondary N) is 1. The number of nitrogens with zero attached hydrogens (tertiary/aromatic N) is 1. The van der Waals surface area contributed by atoms with Crippen LogP contribution in [0.5, 0.6) is 0 Å². The van der Waals surface area contributed by atoms with E-state index in [2.05, 4.69) is 9.10 Å². The van der Waals surface area contributed by atoms with E-state index in [-0.39, 0.29) is 0 Å². The molecule has 1 rings (SSSR count). The SMILES string of the molecule is O=S(O)Nc1ccsn1. The smallest absolute Gasteiger partial charge is 0.260 e. The maximum atomic E-state index is 10.0. The lowest BCUT2D eigenvalue weighted by atomic mass is 10.7. The van der Waals surface area contributed by atoms with Gasteiger partial charge in [0.25, 0.3) is 11.3 Å². The Morgan fingerprint density at radius 2 is 2.67 bits per heavy atom. The third-order valence-corrected chi connectivity index (χ3v) is 1.57. The Labute approximate surface area is 58.5 Å². The number of aromatic nitrogens is 1. The van der Waals surface area contributed by atoms with Gasteiger partial charge < -0.3 is 0 Å². The molecule has 0 spiro atoms. The summed E-state index contributed by atoms with van der Waals surface area (Å²) in [6.07, 6.45) is 0. The zero-order valence-corrected chi connectivity index (χ0v) is 5.91. The lowest BCUT2D eigenvalue weighted by Gasteiger charge is -1.90. The highest BCUT2D eigenvalue weighted by Gasteiger charge is 1.94. The normalized spacial score (nSPS) is 13.0. The van der Waals surface area contributed by atoms with Crippen LogP contribution >= 0.6 is 11.5 Å². The zero-order valence-electron chi connectivity index (χ0n) is 4.27. The van der Waals surface area contributed by atoms with Gasteiger partial charge in [-0.2, -0.15) is 4.37 Å². The van der Waals surface area contributed by atoms with Crippen LogP contribution in [0.15, 0.2) is 11.4 Å². The molecular formula is C3H4N2O2S2. The molecule has 0 fully saturated rings. The summed E-state index contributed by atoms with van der Waals surface area (Å²) in [5.41, 5.74) is 0. The molecule has 1 aromatic heterocycles. The largest absolute Gasteiger partial charge is 0.289 e. The van der Waals surface area contributed by atoms with Crippen molar-refractivity contribution in [1.29, 1.82) is 0 Å². The van der Waals surface area contributed by atoms with E-state index in [0.717, 1.165) is 0 Å². The Balaban J connectivity index is 2.58.